The van der Waals surface area contributed by atoms with Crippen molar-refractivity contribution in [3.63, 3.8) is 0 Å². The molecule has 0 aromatic heterocycles. The zero-order valence-corrected chi connectivity index (χ0v) is 10.2. The Labute approximate surface area is 109 Å². The maximum atomic E-state index is 7.94. The fourth-order valence-electron chi connectivity index (χ4n) is 2.53. The Hall–Kier alpha value is -2.61. The third-order valence-corrected chi connectivity index (χ3v) is 3.49. The second-order valence-electron chi connectivity index (χ2n) is 4.67. The lowest BCUT2D eigenvalue weighted by Crippen LogP contribution is -2.03. The quantitative estimate of drug-likeness (QED) is 0.366. The van der Waals surface area contributed by atoms with E-state index < -0.39 is 0 Å². The van der Waals surface area contributed by atoms with Gasteiger partial charge in [-0.05, 0) is 23.6 Å². The van der Waals surface area contributed by atoms with E-state index in [1.807, 2.05) is 36.4 Å². The van der Waals surface area contributed by atoms with Gasteiger partial charge in [-0.1, -0.05) is 42.5 Å². The minimum Gasteiger partial charge on any atom is -0.455 e. The summed E-state index contributed by atoms with van der Waals surface area (Å²) in [6, 6.07) is 19.9. The molecule has 2 aliphatic rings. The molecule has 0 atom stereocenters. The highest BCUT2D eigenvalue weighted by molar-refractivity contribution is 6.05. The lowest BCUT2D eigenvalue weighted by atomic mass is 10.0. The van der Waals surface area contributed by atoms with Crippen LogP contribution in [0.4, 0.5) is 0 Å². The molecule has 2 heteroatoms. The molecule has 0 unspecified atom stereocenters. The van der Waals surface area contributed by atoms with E-state index in [4.69, 9.17) is 9.83 Å². The van der Waals surface area contributed by atoms with Gasteiger partial charge in [0.2, 0.25) is 0 Å². The SMILES string of the molecule is N=c1cccc2oc3c(ccc4ccccc43)cc1-2. The predicted octanol–water partition coefficient (Wildman–Crippen LogP) is 4.17. The summed E-state index contributed by atoms with van der Waals surface area (Å²) in [7, 11) is 0. The smallest absolute Gasteiger partial charge is 0.142 e. The Balaban J connectivity index is 2.27. The van der Waals surface area contributed by atoms with E-state index in [0.29, 0.717) is 5.36 Å². The van der Waals surface area contributed by atoms with Gasteiger partial charge in [-0.3, -0.25) is 0 Å². The monoisotopic (exact) mass is 245 g/mol. The van der Waals surface area contributed by atoms with Crippen molar-refractivity contribution >= 4 is 21.7 Å². The second kappa shape index (κ2) is 3.69. The number of hydrogen-bond donors (Lipinski definition) is 1. The highest BCUT2D eigenvalue weighted by atomic mass is 16.3. The van der Waals surface area contributed by atoms with Gasteiger partial charge in [-0.2, -0.15) is 0 Å². The van der Waals surface area contributed by atoms with E-state index in [2.05, 4.69) is 18.2 Å². The summed E-state index contributed by atoms with van der Waals surface area (Å²) in [5.41, 5.74) is 1.74. The molecular formula is C17H11NO. The summed E-state index contributed by atoms with van der Waals surface area (Å²) in [6.45, 7) is 0. The van der Waals surface area contributed by atoms with Crippen molar-refractivity contribution in [1.29, 1.82) is 5.41 Å². The molecule has 0 saturated carbocycles. The standard InChI is InChI=1S/C17H11NO/c18-15-6-3-7-16-14(15)10-12-9-8-11-4-1-2-5-13(11)17(12)19-16/h1-10,18H. The molecule has 90 valence electrons. The first-order chi connectivity index (χ1) is 9.33. The highest BCUT2D eigenvalue weighted by Crippen LogP contribution is 2.30. The average Bonchev–Trinajstić information content (AvgIpc) is 2.46. The molecule has 4 rings (SSSR count). The van der Waals surface area contributed by atoms with Crippen LogP contribution in [0.2, 0.25) is 0 Å². The van der Waals surface area contributed by atoms with Gasteiger partial charge in [-0.15, -0.1) is 0 Å². The summed E-state index contributed by atoms with van der Waals surface area (Å²) < 4.78 is 6.02. The zero-order chi connectivity index (χ0) is 12.8. The predicted molar refractivity (Wildman–Crippen MR) is 76.2 cm³/mol. The molecule has 1 aliphatic carbocycles. The number of fused-ring (bicyclic) bond motifs is 4. The van der Waals surface area contributed by atoms with Crippen LogP contribution in [0.3, 0.4) is 0 Å². The van der Waals surface area contributed by atoms with Gasteiger partial charge in [0.1, 0.15) is 11.3 Å². The van der Waals surface area contributed by atoms with Crippen LogP contribution in [0, 0.1) is 5.41 Å². The van der Waals surface area contributed by atoms with Crippen LogP contribution in [0.15, 0.2) is 65.1 Å². The van der Waals surface area contributed by atoms with Crippen LogP contribution in [-0.2, 0) is 0 Å². The van der Waals surface area contributed by atoms with Crippen LogP contribution >= 0.6 is 0 Å². The van der Waals surface area contributed by atoms with Crippen LogP contribution in [0.5, 0.6) is 0 Å². The molecule has 0 bridgehead atoms. The van der Waals surface area contributed by atoms with Crippen LogP contribution < -0.4 is 5.36 Å². The van der Waals surface area contributed by atoms with Crippen molar-refractivity contribution in [3.05, 3.63) is 66.0 Å². The molecule has 1 aliphatic heterocycles. The largest absolute Gasteiger partial charge is 0.455 e. The average molecular weight is 245 g/mol. The van der Waals surface area contributed by atoms with E-state index in [1.165, 1.54) is 5.39 Å². The fraction of sp³-hybridized carbons (Fsp3) is 0. The first-order valence-electron chi connectivity index (χ1n) is 6.22. The number of hydrogen-bond acceptors (Lipinski definition) is 2. The Morgan fingerprint density at radius 3 is 2.58 bits per heavy atom. The summed E-state index contributed by atoms with van der Waals surface area (Å²) in [6.07, 6.45) is 0. The van der Waals surface area contributed by atoms with Gasteiger partial charge in [0.25, 0.3) is 0 Å². The Morgan fingerprint density at radius 2 is 1.63 bits per heavy atom. The van der Waals surface area contributed by atoms with Crippen molar-refractivity contribution < 1.29 is 4.42 Å². The molecule has 0 spiro atoms. The first kappa shape index (κ1) is 10.3. The lowest BCUT2D eigenvalue weighted by Gasteiger charge is -2.09. The van der Waals surface area contributed by atoms with Crippen molar-refractivity contribution in [2.24, 2.45) is 0 Å². The van der Waals surface area contributed by atoms with Crippen LogP contribution in [0.1, 0.15) is 0 Å². The minimum atomic E-state index is 0.497. The molecule has 2 aromatic rings. The summed E-state index contributed by atoms with van der Waals surface area (Å²) in [5, 5.41) is 11.7. The molecule has 0 amide bonds. The van der Waals surface area contributed by atoms with E-state index in [0.717, 1.165) is 27.7 Å². The molecule has 2 aromatic carbocycles. The summed E-state index contributed by atoms with van der Waals surface area (Å²) in [5.74, 6) is 0.761. The van der Waals surface area contributed by atoms with E-state index in [1.54, 1.807) is 6.07 Å². The Bertz CT molecular complexity index is 936. The molecule has 19 heavy (non-hydrogen) atoms. The van der Waals surface area contributed by atoms with Gasteiger partial charge >= 0.3 is 0 Å². The van der Waals surface area contributed by atoms with Crippen LogP contribution in [0.25, 0.3) is 33.1 Å². The highest BCUT2D eigenvalue weighted by Gasteiger charge is 2.09. The maximum absolute atomic E-state index is 7.94. The minimum absolute atomic E-state index is 0.497. The summed E-state index contributed by atoms with van der Waals surface area (Å²) >= 11 is 0. The zero-order valence-electron chi connectivity index (χ0n) is 10.2. The number of rotatable bonds is 0. The number of benzene rings is 3. The van der Waals surface area contributed by atoms with Crippen molar-refractivity contribution in [1.82, 2.24) is 0 Å². The van der Waals surface area contributed by atoms with Crippen LogP contribution in [-0.4, -0.2) is 0 Å². The molecular weight excluding hydrogens is 234 g/mol. The van der Waals surface area contributed by atoms with Crippen molar-refractivity contribution in [2.75, 3.05) is 0 Å². The maximum Gasteiger partial charge on any atom is 0.142 e. The van der Waals surface area contributed by atoms with E-state index in [-0.39, 0.29) is 0 Å². The summed E-state index contributed by atoms with van der Waals surface area (Å²) in [4.78, 5) is 0. The normalized spacial score (nSPS) is 11.4. The van der Waals surface area contributed by atoms with Gasteiger partial charge in [0.05, 0.1) is 5.36 Å². The Kier molecular flexibility index (Phi) is 2.00. The first-order valence-corrected chi connectivity index (χ1v) is 6.22. The second-order valence-corrected chi connectivity index (χ2v) is 4.67. The third-order valence-electron chi connectivity index (χ3n) is 3.49. The van der Waals surface area contributed by atoms with Crippen molar-refractivity contribution in [3.8, 4) is 11.3 Å². The van der Waals surface area contributed by atoms with Gasteiger partial charge in [0, 0.05) is 16.3 Å². The topological polar surface area (TPSA) is 37.0 Å². The van der Waals surface area contributed by atoms with E-state index in [9.17, 15) is 0 Å². The van der Waals surface area contributed by atoms with Gasteiger partial charge in [0.15, 0.2) is 0 Å². The molecule has 2 nitrogen and oxygen atoms in total. The third kappa shape index (κ3) is 1.47. The van der Waals surface area contributed by atoms with Gasteiger partial charge < -0.3 is 9.83 Å². The Morgan fingerprint density at radius 1 is 0.789 bits per heavy atom. The molecule has 0 fully saturated rings. The van der Waals surface area contributed by atoms with Gasteiger partial charge in [-0.25, -0.2) is 0 Å². The molecule has 1 heterocycles. The molecule has 1 N–H and O–H groups in total. The lowest BCUT2D eigenvalue weighted by molar-refractivity contribution is 0.621. The van der Waals surface area contributed by atoms with E-state index >= 15 is 0 Å². The fourth-order valence-corrected chi connectivity index (χ4v) is 2.53. The van der Waals surface area contributed by atoms with Crippen molar-refractivity contribution in [2.45, 2.75) is 0 Å². The molecule has 0 radical (unpaired) electrons. The number of nitrogens with one attached hydrogen (secondary N) is 1. The molecule has 0 saturated heterocycles.